The van der Waals surface area contributed by atoms with Gasteiger partial charge in [-0.3, -0.25) is 13.8 Å². The van der Waals surface area contributed by atoms with Crippen LogP contribution in [0.4, 0.5) is 27.7 Å². The molecule has 2 amide bonds. The van der Waals surface area contributed by atoms with Crippen molar-refractivity contribution in [1.82, 2.24) is 5.09 Å². The van der Waals surface area contributed by atoms with E-state index in [1.165, 1.54) is 36.9 Å². The molecular weight excluding hydrogens is 1000 g/mol. The molecule has 355 valence electrons. The number of esters is 1. The van der Waals surface area contributed by atoms with Gasteiger partial charge in [-0.15, -0.1) is 5.09 Å². The molecular formula is C50H51BF4N5O5P2Rh+. The summed E-state index contributed by atoms with van der Waals surface area (Å²) in [7, 11) is -7.81. The summed E-state index contributed by atoms with van der Waals surface area (Å²) in [6.07, 6.45) is 0.628. The van der Waals surface area contributed by atoms with E-state index in [2.05, 4.69) is 115 Å². The zero-order valence-electron chi connectivity index (χ0n) is 37.8. The summed E-state index contributed by atoms with van der Waals surface area (Å²) < 4.78 is 57.0. The summed E-state index contributed by atoms with van der Waals surface area (Å²) in [6, 6.07) is 56.1. The van der Waals surface area contributed by atoms with E-state index in [1.807, 2.05) is 66.7 Å². The molecule has 0 fully saturated rings. The molecule has 1 radical (unpaired) electrons. The Hall–Kier alpha value is -6.39. The SMILES string of the molecule is CC#N.CC#N.COC(=O)[C@H](CC(C)C)N[PH+]1Oc2ccc3ccccc3c2-c2c(ccc3ccccc23)O1.F[B-](F)(F)F.NC(=O)Nc1cccc([PH+](c2ccccc2)c2ccccc2)c1.[Rh]. The normalized spacial score (nSPS) is 11.5. The van der Waals surface area contributed by atoms with Crippen LogP contribution in [0.15, 0.2) is 158 Å². The van der Waals surface area contributed by atoms with Gasteiger partial charge in [0.15, 0.2) is 11.5 Å². The van der Waals surface area contributed by atoms with E-state index in [0.29, 0.717) is 12.3 Å². The predicted molar refractivity (Wildman–Crippen MR) is 267 cm³/mol. The number of hydrogen-bond donors (Lipinski definition) is 3. The van der Waals surface area contributed by atoms with Gasteiger partial charge >= 0.3 is 27.8 Å². The molecule has 1 aliphatic rings. The van der Waals surface area contributed by atoms with Gasteiger partial charge in [0.2, 0.25) is 0 Å². The summed E-state index contributed by atoms with van der Waals surface area (Å²) >= 11 is 0. The number of nitrogens with two attached hydrogens (primary N) is 1. The van der Waals surface area contributed by atoms with Gasteiger partial charge in [0.25, 0.3) is 0 Å². The number of hydrogen-bond acceptors (Lipinski definition) is 8. The van der Waals surface area contributed by atoms with Gasteiger partial charge in [-0.25, -0.2) is 4.79 Å². The number of benzene rings is 7. The number of nitrogens with zero attached hydrogens (tertiary/aromatic N) is 2. The average molecular weight is 1050 g/mol. The number of rotatable bonds is 9. The fourth-order valence-corrected chi connectivity index (χ4v) is 11.1. The van der Waals surface area contributed by atoms with E-state index in [-0.39, 0.29) is 25.4 Å². The quantitative estimate of drug-likeness (QED) is 0.0558. The number of urea groups is 1. The molecule has 10 nitrogen and oxygen atoms in total. The molecule has 1 aliphatic heterocycles. The van der Waals surface area contributed by atoms with Crippen LogP contribution in [-0.2, 0) is 29.0 Å². The van der Waals surface area contributed by atoms with Gasteiger partial charge in [-0.1, -0.05) is 117 Å². The Labute approximate surface area is 409 Å². The van der Waals surface area contributed by atoms with Crippen LogP contribution in [0.1, 0.15) is 34.1 Å². The van der Waals surface area contributed by atoms with E-state index >= 15 is 0 Å². The number of anilines is 1. The third-order valence-electron chi connectivity index (χ3n) is 9.47. The Kier molecular flexibility index (Phi) is 23.1. The zero-order valence-corrected chi connectivity index (χ0v) is 41.4. The van der Waals surface area contributed by atoms with Crippen molar-refractivity contribution in [2.75, 3.05) is 12.4 Å². The van der Waals surface area contributed by atoms with Crippen LogP contribution in [0, 0.1) is 28.6 Å². The summed E-state index contributed by atoms with van der Waals surface area (Å²) in [4.78, 5) is 23.6. The zero-order chi connectivity index (χ0) is 48.9. The second kappa shape index (κ2) is 28.1. The molecule has 4 N–H and O–H groups in total. The Morgan fingerprint density at radius 3 is 1.51 bits per heavy atom. The number of halogens is 4. The fraction of sp³-hybridized carbons (Fsp3) is 0.160. The van der Waals surface area contributed by atoms with Gasteiger partial charge in [-0.2, -0.15) is 10.5 Å². The summed E-state index contributed by atoms with van der Waals surface area (Å²) in [6.45, 7) is 7.01. The first-order chi connectivity index (χ1) is 32.1. The van der Waals surface area contributed by atoms with Crippen molar-refractivity contribution in [3.05, 3.63) is 158 Å². The van der Waals surface area contributed by atoms with Crippen LogP contribution in [0.3, 0.4) is 0 Å². The molecule has 0 saturated heterocycles. The standard InChI is InChI=1S/C27H26NO4P.C19H17N2OP.2C2H3N.BF4.Rh/c1-17(2)16-22(27(29)30-3)28-33-31-23-14-12-18-8-4-6-10-20(18)25(23)26-21-11-7-5-9-19(21)13-15-24(26)32-33;20-19(22)21-15-8-7-13-18(14-15)23(16-9-3-1-4-10-16)17-11-5-2-6-12-17;2*1-2-3;2-1(3,4)5;/h4-15,17,22,28H,16H2,1-3H3;1-14H,(H3,20,21,22);2*1H3;;/q;;;;-1;/p+2/t22-;;;;;/m0...../s1. The minimum Gasteiger partial charge on any atom is -0.468 e. The summed E-state index contributed by atoms with van der Waals surface area (Å²) in [5.41, 5.74) is 7.99. The fourth-order valence-electron chi connectivity index (χ4n) is 7.04. The number of carbonyl (C=O) groups is 2. The summed E-state index contributed by atoms with van der Waals surface area (Å²) in [5, 5.41) is 28.9. The minimum absolute atomic E-state index is 0. The predicted octanol–water partition coefficient (Wildman–Crippen LogP) is 11.6. The third kappa shape index (κ3) is 17.0. The van der Waals surface area contributed by atoms with Crippen molar-refractivity contribution in [3.8, 4) is 34.8 Å². The third-order valence-corrected chi connectivity index (χ3v) is 13.6. The van der Waals surface area contributed by atoms with E-state index in [1.54, 1.807) is 12.1 Å². The van der Waals surface area contributed by atoms with Crippen LogP contribution < -0.4 is 41.1 Å². The number of carbonyl (C=O) groups excluding carboxylic acids is 2. The molecule has 0 saturated carbocycles. The van der Waals surface area contributed by atoms with Gasteiger partial charge in [0.05, 0.1) is 27.2 Å². The maximum absolute atomic E-state index is 12.5. The number of amides is 2. The molecule has 18 heteroatoms. The van der Waals surface area contributed by atoms with Crippen molar-refractivity contribution in [1.29, 1.82) is 10.5 Å². The van der Waals surface area contributed by atoms with Crippen molar-refractivity contribution >= 4 is 78.8 Å². The molecule has 7 aromatic rings. The topological polar surface area (TPSA) is 159 Å². The van der Waals surface area contributed by atoms with Crippen molar-refractivity contribution in [2.45, 2.75) is 40.2 Å². The van der Waals surface area contributed by atoms with Gasteiger partial charge in [0, 0.05) is 56.2 Å². The number of ether oxygens (including phenoxy) is 1. The first-order valence-corrected chi connectivity index (χ1v) is 23.7. The largest absolute Gasteiger partial charge is 0.673 e. The van der Waals surface area contributed by atoms with Crippen molar-refractivity contribution in [2.24, 2.45) is 11.7 Å². The van der Waals surface area contributed by atoms with Gasteiger partial charge in [0.1, 0.15) is 22.0 Å². The van der Waals surface area contributed by atoms with E-state index < -0.39 is 35.8 Å². The Bertz CT molecular complexity index is 2660. The van der Waals surface area contributed by atoms with Crippen molar-refractivity contribution < 1.29 is 60.1 Å². The Morgan fingerprint density at radius 1 is 0.691 bits per heavy atom. The molecule has 0 bridgehead atoms. The second-order valence-corrected chi connectivity index (χ2v) is 18.5. The van der Waals surface area contributed by atoms with Gasteiger partial charge in [-0.05, 0) is 82.4 Å². The molecule has 0 spiro atoms. The Morgan fingerprint density at radius 2 is 1.10 bits per heavy atom. The molecule has 0 aliphatic carbocycles. The van der Waals surface area contributed by atoms with E-state index in [4.69, 9.17) is 30.0 Å². The number of fused-ring (bicyclic) bond motifs is 7. The molecule has 8 rings (SSSR count). The van der Waals surface area contributed by atoms with Crippen LogP contribution in [0.25, 0.3) is 32.7 Å². The molecule has 0 unspecified atom stereocenters. The molecule has 68 heavy (non-hydrogen) atoms. The van der Waals surface area contributed by atoms with Crippen LogP contribution in [0.5, 0.6) is 11.5 Å². The van der Waals surface area contributed by atoms with E-state index in [0.717, 1.165) is 49.9 Å². The van der Waals surface area contributed by atoms with Crippen LogP contribution in [-0.4, -0.2) is 32.4 Å². The minimum atomic E-state index is -6.00. The molecule has 7 aromatic carbocycles. The molecule has 0 aromatic heterocycles. The first-order valence-electron chi connectivity index (χ1n) is 20.9. The summed E-state index contributed by atoms with van der Waals surface area (Å²) in [5.74, 6) is 1.49. The van der Waals surface area contributed by atoms with Crippen LogP contribution >= 0.6 is 16.4 Å². The van der Waals surface area contributed by atoms with Crippen LogP contribution in [0.2, 0.25) is 0 Å². The smallest absolute Gasteiger partial charge is 0.468 e. The molecule has 1 atom stereocenters. The number of nitrogens with one attached hydrogen (secondary N) is 2. The number of methoxy groups -OCH3 is 1. The second-order valence-electron chi connectivity index (χ2n) is 14.8. The van der Waals surface area contributed by atoms with Crippen molar-refractivity contribution in [3.63, 3.8) is 0 Å². The maximum Gasteiger partial charge on any atom is 0.673 e. The average Bonchev–Trinajstić information content (AvgIpc) is 3.46. The Balaban J connectivity index is 0.000000304. The molecule has 1 heterocycles. The monoisotopic (exact) mass is 1050 g/mol. The number of nitriles is 2. The maximum atomic E-state index is 12.5. The van der Waals surface area contributed by atoms with E-state index in [9.17, 15) is 26.9 Å². The first kappa shape index (κ1) is 55.9. The van der Waals surface area contributed by atoms with Gasteiger partial charge < -0.3 is 33.0 Å². The number of primary amides is 1.